The Bertz CT molecular complexity index is 1090. The standard InChI is InChI=1S/C21H25N3O7S/c1-29-15-4-7-17(8-5-15)32(27,28)24-11-10-23(21(26)14-24)13-20(25)22-18-9-6-16(30-2)12-19(18)31-3/h4-9,12H,10-11,13-14H2,1-3H3,(H,22,25). The highest BCUT2D eigenvalue weighted by atomic mass is 32.2. The zero-order valence-corrected chi connectivity index (χ0v) is 18.8. The zero-order valence-electron chi connectivity index (χ0n) is 18.0. The molecule has 2 aromatic carbocycles. The molecule has 32 heavy (non-hydrogen) atoms. The molecule has 1 heterocycles. The minimum atomic E-state index is -3.83. The average molecular weight is 464 g/mol. The first-order valence-electron chi connectivity index (χ1n) is 9.72. The van der Waals surface area contributed by atoms with Gasteiger partial charge in [0, 0.05) is 19.2 Å². The molecule has 3 rings (SSSR count). The Morgan fingerprint density at radius 2 is 1.62 bits per heavy atom. The lowest BCUT2D eigenvalue weighted by Gasteiger charge is -2.33. The summed E-state index contributed by atoms with van der Waals surface area (Å²) in [6.07, 6.45) is 0. The molecule has 0 aliphatic carbocycles. The van der Waals surface area contributed by atoms with Gasteiger partial charge in [-0.15, -0.1) is 0 Å². The van der Waals surface area contributed by atoms with Gasteiger partial charge in [0.25, 0.3) is 0 Å². The number of nitrogens with zero attached hydrogens (tertiary/aromatic N) is 2. The van der Waals surface area contributed by atoms with E-state index in [4.69, 9.17) is 14.2 Å². The van der Waals surface area contributed by atoms with Crippen molar-refractivity contribution in [1.29, 1.82) is 0 Å². The minimum absolute atomic E-state index is 0.0730. The maximum atomic E-state index is 12.8. The number of ether oxygens (including phenoxy) is 3. The normalized spacial score (nSPS) is 14.7. The van der Waals surface area contributed by atoms with Crippen LogP contribution in [0.4, 0.5) is 5.69 Å². The molecule has 1 aliphatic heterocycles. The number of carbonyl (C=O) groups is 2. The van der Waals surface area contributed by atoms with Crippen LogP contribution in [0.2, 0.25) is 0 Å². The summed E-state index contributed by atoms with van der Waals surface area (Å²) in [5.74, 6) is 0.645. The van der Waals surface area contributed by atoms with Crippen LogP contribution in [0.25, 0.3) is 0 Å². The molecule has 1 fully saturated rings. The molecule has 0 bridgehead atoms. The van der Waals surface area contributed by atoms with Crippen LogP contribution in [0.1, 0.15) is 0 Å². The molecule has 172 valence electrons. The number of hydrogen-bond donors (Lipinski definition) is 1. The van der Waals surface area contributed by atoms with E-state index in [1.165, 1.54) is 38.4 Å². The SMILES string of the molecule is COc1ccc(S(=O)(=O)N2CCN(CC(=O)Nc3ccc(OC)cc3OC)C(=O)C2)cc1. The third-order valence-electron chi connectivity index (χ3n) is 5.00. The van der Waals surface area contributed by atoms with E-state index >= 15 is 0 Å². The van der Waals surface area contributed by atoms with Crippen molar-refractivity contribution >= 4 is 27.5 Å². The van der Waals surface area contributed by atoms with Crippen LogP contribution in [0, 0.1) is 0 Å². The van der Waals surface area contributed by atoms with Crippen LogP contribution in [0.15, 0.2) is 47.4 Å². The van der Waals surface area contributed by atoms with Crippen LogP contribution in [0.5, 0.6) is 17.2 Å². The summed E-state index contributed by atoms with van der Waals surface area (Å²) in [6, 6.07) is 10.9. The molecule has 0 unspecified atom stereocenters. The van der Waals surface area contributed by atoms with Gasteiger partial charge in [0.2, 0.25) is 21.8 Å². The molecule has 0 aromatic heterocycles. The van der Waals surface area contributed by atoms with E-state index in [9.17, 15) is 18.0 Å². The lowest BCUT2D eigenvalue weighted by atomic mass is 10.2. The Morgan fingerprint density at radius 1 is 0.969 bits per heavy atom. The number of carbonyl (C=O) groups excluding carboxylic acids is 2. The van der Waals surface area contributed by atoms with Crippen LogP contribution >= 0.6 is 0 Å². The van der Waals surface area contributed by atoms with Gasteiger partial charge >= 0.3 is 0 Å². The van der Waals surface area contributed by atoms with Crippen molar-refractivity contribution in [2.24, 2.45) is 0 Å². The van der Waals surface area contributed by atoms with Gasteiger partial charge in [0.1, 0.15) is 17.2 Å². The number of rotatable bonds is 8. The monoisotopic (exact) mass is 463 g/mol. The first kappa shape index (κ1) is 23.4. The van der Waals surface area contributed by atoms with E-state index in [-0.39, 0.29) is 31.1 Å². The van der Waals surface area contributed by atoms with Gasteiger partial charge in [0.05, 0.1) is 45.0 Å². The van der Waals surface area contributed by atoms with Crippen molar-refractivity contribution < 1.29 is 32.2 Å². The lowest BCUT2D eigenvalue weighted by Crippen LogP contribution is -2.53. The Hall–Kier alpha value is -3.31. The fourth-order valence-corrected chi connectivity index (χ4v) is 4.60. The predicted molar refractivity (Wildman–Crippen MR) is 117 cm³/mol. The second kappa shape index (κ2) is 9.88. The number of anilines is 1. The third kappa shape index (κ3) is 5.11. The molecule has 0 radical (unpaired) electrons. The summed E-state index contributed by atoms with van der Waals surface area (Å²) in [4.78, 5) is 26.4. The summed E-state index contributed by atoms with van der Waals surface area (Å²) in [5, 5.41) is 2.70. The summed E-state index contributed by atoms with van der Waals surface area (Å²) in [7, 11) is 0.643. The highest BCUT2D eigenvalue weighted by molar-refractivity contribution is 7.89. The lowest BCUT2D eigenvalue weighted by molar-refractivity contribution is -0.137. The maximum absolute atomic E-state index is 12.8. The number of methoxy groups -OCH3 is 3. The largest absolute Gasteiger partial charge is 0.497 e. The molecule has 0 spiro atoms. The molecule has 2 amide bonds. The molecule has 1 N–H and O–H groups in total. The van der Waals surface area contributed by atoms with Crippen molar-refractivity contribution in [1.82, 2.24) is 9.21 Å². The molecule has 1 saturated heterocycles. The number of benzene rings is 2. The topological polar surface area (TPSA) is 114 Å². The number of piperazine rings is 1. The second-order valence-corrected chi connectivity index (χ2v) is 8.88. The Morgan fingerprint density at radius 3 is 2.22 bits per heavy atom. The molecular weight excluding hydrogens is 438 g/mol. The summed E-state index contributed by atoms with van der Waals surface area (Å²) < 4.78 is 42.2. The van der Waals surface area contributed by atoms with E-state index in [2.05, 4.69) is 5.32 Å². The Labute approximate surface area is 186 Å². The quantitative estimate of drug-likeness (QED) is 0.625. The van der Waals surface area contributed by atoms with Crippen molar-refractivity contribution in [2.75, 3.05) is 52.8 Å². The Kier molecular flexibility index (Phi) is 7.21. The third-order valence-corrected chi connectivity index (χ3v) is 6.86. The van der Waals surface area contributed by atoms with Gasteiger partial charge in [-0.25, -0.2) is 8.42 Å². The van der Waals surface area contributed by atoms with Gasteiger partial charge in [-0.05, 0) is 36.4 Å². The zero-order chi connectivity index (χ0) is 23.3. The van der Waals surface area contributed by atoms with Crippen molar-refractivity contribution in [3.05, 3.63) is 42.5 Å². The van der Waals surface area contributed by atoms with E-state index in [1.54, 1.807) is 30.3 Å². The van der Waals surface area contributed by atoms with E-state index in [1.807, 2.05) is 0 Å². The van der Waals surface area contributed by atoms with E-state index < -0.39 is 21.8 Å². The fraction of sp³-hybridized carbons (Fsp3) is 0.333. The molecular formula is C21H25N3O7S. The molecule has 10 nitrogen and oxygen atoms in total. The highest BCUT2D eigenvalue weighted by Crippen LogP contribution is 2.29. The highest BCUT2D eigenvalue weighted by Gasteiger charge is 2.33. The smallest absolute Gasteiger partial charge is 0.244 e. The van der Waals surface area contributed by atoms with E-state index in [0.29, 0.717) is 22.9 Å². The Balaban J connectivity index is 1.62. The van der Waals surface area contributed by atoms with Crippen molar-refractivity contribution in [2.45, 2.75) is 4.90 Å². The molecule has 1 aliphatic rings. The van der Waals surface area contributed by atoms with Crippen LogP contribution in [0.3, 0.4) is 0 Å². The summed E-state index contributed by atoms with van der Waals surface area (Å²) in [6.45, 7) is -0.363. The average Bonchev–Trinajstić information content (AvgIpc) is 2.80. The van der Waals surface area contributed by atoms with Crippen molar-refractivity contribution in [3.63, 3.8) is 0 Å². The number of sulfonamides is 1. The maximum Gasteiger partial charge on any atom is 0.244 e. The predicted octanol–water partition coefficient (Wildman–Crippen LogP) is 1.18. The molecule has 0 atom stereocenters. The number of amides is 2. The first-order valence-corrected chi connectivity index (χ1v) is 11.2. The molecule has 0 saturated carbocycles. The van der Waals surface area contributed by atoms with E-state index in [0.717, 1.165) is 4.31 Å². The molecule has 2 aromatic rings. The van der Waals surface area contributed by atoms with Crippen LogP contribution in [-0.4, -0.2) is 76.9 Å². The first-order chi connectivity index (χ1) is 15.3. The van der Waals surface area contributed by atoms with Gasteiger partial charge in [-0.3, -0.25) is 9.59 Å². The van der Waals surface area contributed by atoms with Crippen LogP contribution in [-0.2, 0) is 19.6 Å². The number of hydrogen-bond acceptors (Lipinski definition) is 7. The number of nitrogens with one attached hydrogen (secondary N) is 1. The van der Waals surface area contributed by atoms with Gasteiger partial charge in [0.15, 0.2) is 0 Å². The minimum Gasteiger partial charge on any atom is -0.497 e. The summed E-state index contributed by atoms with van der Waals surface area (Å²) in [5.41, 5.74) is 0.437. The van der Waals surface area contributed by atoms with Crippen LogP contribution < -0.4 is 19.5 Å². The van der Waals surface area contributed by atoms with Crippen molar-refractivity contribution in [3.8, 4) is 17.2 Å². The molecule has 11 heteroatoms. The van der Waals surface area contributed by atoms with Gasteiger partial charge in [-0.2, -0.15) is 4.31 Å². The summed E-state index contributed by atoms with van der Waals surface area (Å²) >= 11 is 0. The van der Waals surface area contributed by atoms with Gasteiger partial charge < -0.3 is 24.4 Å². The second-order valence-electron chi connectivity index (χ2n) is 6.94. The fourth-order valence-electron chi connectivity index (χ4n) is 3.22. The van der Waals surface area contributed by atoms with Gasteiger partial charge in [-0.1, -0.05) is 0 Å².